The highest BCUT2D eigenvalue weighted by Crippen LogP contribution is 2.42. The molecule has 0 aliphatic heterocycles. The van der Waals surface area contributed by atoms with Crippen LogP contribution in [0.3, 0.4) is 0 Å². The normalized spacial score (nSPS) is 24.9. The Bertz CT molecular complexity index is 366. The van der Waals surface area contributed by atoms with Gasteiger partial charge in [-0.3, -0.25) is 4.98 Å². The first kappa shape index (κ1) is 5.00. The van der Waals surface area contributed by atoms with Crippen molar-refractivity contribution in [3.63, 3.8) is 0 Å². The minimum absolute atomic E-state index is 0.668. The molecule has 0 bridgehead atoms. The number of aromatic nitrogens is 1. The molecular weight excluding hydrogens is 146 g/mol. The monoisotopic (exact) mass is 164 g/mol. The van der Waals surface area contributed by atoms with Crippen molar-refractivity contribution in [1.29, 1.82) is 0 Å². The summed E-state index contributed by atoms with van der Waals surface area (Å²) in [7, 11) is 0. The van der Waals surface area contributed by atoms with E-state index in [1.54, 1.807) is 6.20 Å². The molecule has 64 valence electrons. The van der Waals surface area contributed by atoms with Crippen LogP contribution in [0, 0.1) is 6.92 Å². The molecule has 1 saturated carbocycles. The van der Waals surface area contributed by atoms with Crippen LogP contribution in [0.4, 0.5) is 0 Å². The second-order valence-corrected chi connectivity index (χ2v) is 3.65. The molecule has 1 nitrogen and oxygen atoms in total. The maximum absolute atomic E-state index is 7.64. The van der Waals surface area contributed by atoms with E-state index in [1.807, 2.05) is 19.1 Å². The van der Waals surface area contributed by atoms with Crippen molar-refractivity contribution < 1.29 is 4.11 Å². The van der Waals surface area contributed by atoms with Gasteiger partial charge in [-0.05, 0) is 37.5 Å². The Morgan fingerprint density at radius 1 is 1.58 bits per heavy atom. The molecule has 0 unspecified atom stereocenters. The molecule has 0 aromatic carbocycles. The molecule has 1 aromatic heterocycles. The van der Waals surface area contributed by atoms with Crippen molar-refractivity contribution >= 4 is 0 Å². The number of hydrogen-bond donors (Lipinski definition) is 0. The lowest BCUT2D eigenvalue weighted by molar-refractivity contribution is 0.264. The van der Waals surface area contributed by atoms with Gasteiger partial charge in [-0.2, -0.15) is 0 Å². The first-order chi connectivity index (χ1) is 6.96. The highest BCUT2D eigenvalue weighted by Gasteiger charge is 2.34. The fourth-order valence-corrected chi connectivity index (χ4v) is 1.58. The third-order valence-corrected chi connectivity index (χ3v) is 2.61. The molecule has 1 heterocycles. The van der Waals surface area contributed by atoms with Crippen LogP contribution in [0.2, 0.25) is 0 Å². The van der Waals surface area contributed by atoms with Gasteiger partial charge in [0.1, 0.15) is 0 Å². The second kappa shape index (κ2) is 2.58. The molecule has 0 amide bonds. The summed E-state index contributed by atoms with van der Waals surface area (Å²) in [6, 6.07) is 3.81. The Kier molecular flexibility index (Phi) is 1.08. The van der Waals surface area contributed by atoms with E-state index < -0.39 is 12.3 Å². The van der Waals surface area contributed by atoms with Crippen molar-refractivity contribution in [3.8, 4) is 0 Å². The molecule has 1 aliphatic carbocycles. The number of aryl methyl sites for hydroxylation is 1. The second-order valence-electron chi connectivity index (χ2n) is 3.65. The molecule has 0 spiro atoms. The van der Waals surface area contributed by atoms with E-state index >= 15 is 0 Å². The summed E-state index contributed by atoms with van der Waals surface area (Å²) in [5.41, 5.74) is 1.16. The Hall–Kier alpha value is -0.850. The number of rotatable bonds is 1. The third kappa shape index (κ3) is 1.13. The molecule has 1 aliphatic rings. The average molecular weight is 164 g/mol. The van der Waals surface area contributed by atoms with Crippen molar-refractivity contribution in [2.75, 3.05) is 0 Å². The third-order valence-electron chi connectivity index (χ3n) is 2.61. The summed E-state index contributed by atoms with van der Waals surface area (Å²) in [6.07, 6.45) is 4.17. The molecule has 0 N–H and O–H groups in total. The molecule has 1 fully saturated rings. The largest absolute Gasteiger partial charge is 0.261 e. The smallest absolute Gasteiger partial charge is 0.0465 e. The molecule has 1 heteroatoms. The van der Waals surface area contributed by atoms with Crippen LogP contribution in [0.15, 0.2) is 18.3 Å². The summed E-state index contributed by atoms with van der Waals surface area (Å²) in [5.74, 6) is 0. The summed E-state index contributed by atoms with van der Waals surface area (Å²) < 4.78 is 22.9. The zero-order chi connectivity index (χ0) is 11.1. The first-order valence-corrected chi connectivity index (χ1v) is 4.39. The van der Waals surface area contributed by atoms with Gasteiger partial charge in [0.05, 0.1) is 0 Å². The van der Waals surface area contributed by atoms with E-state index in [2.05, 4.69) is 4.98 Å². The lowest BCUT2D eigenvalue weighted by Gasteiger charge is -2.37. The van der Waals surface area contributed by atoms with Crippen LogP contribution in [0.1, 0.15) is 41.5 Å². The first-order valence-electron chi connectivity index (χ1n) is 5.89. The van der Waals surface area contributed by atoms with Gasteiger partial charge in [0.15, 0.2) is 0 Å². The molecule has 1 aromatic rings. The Labute approximate surface area is 78.0 Å². The predicted octanol–water partition coefficient (Wildman–Crippen LogP) is 2.83. The zero-order valence-corrected chi connectivity index (χ0v) is 7.30. The van der Waals surface area contributed by atoms with E-state index in [9.17, 15) is 0 Å². The van der Waals surface area contributed by atoms with Gasteiger partial charge in [0.2, 0.25) is 0 Å². The van der Waals surface area contributed by atoms with Gasteiger partial charge in [-0.25, -0.2) is 0 Å². The number of hydrogen-bond acceptors (Lipinski definition) is 1. The fourth-order valence-electron chi connectivity index (χ4n) is 1.58. The quantitative estimate of drug-likeness (QED) is 0.622. The van der Waals surface area contributed by atoms with Crippen LogP contribution >= 0.6 is 0 Å². The standard InChI is InChI=1S/C11H15N/c1-9-4-7-12-10(8-9)11(2)5-3-6-11/h4,7-8H,3,5-6H2,1-2H3/i2D3. The minimum atomic E-state index is -1.92. The molecule has 12 heavy (non-hydrogen) atoms. The molecule has 0 atom stereocenters. The average Bonchev–Trinajstić information content (AvgIpc) is 1.98. The summed E-state index contributed by atoms with van der Waals surface area (Å²) in [6.45, 7) is 0.0447. The van der Waals surface area contributed by atoms with E-state index in [0.29, 0.717) is 0 Å². The zero-order valence-electron chi connectivity index (χ0n) is 10.3. The van der Waals surface area contributed by atoms with E-state index in [0.717, 1.165) is 30.5 Å². The summed E-state index contributed by atoms with van der Waals surface area (Å²) in [5, 5.41) is 0. The Morgan fingerprint density at radius 3 is 2.92 bits per heavy atom. The van der Waals surface area contributed by atoms with Crippen molar-refractivity contribution in [3.05, 3.63) is 29.6 Å². The minimum Gasteiger partial charge on any atom is -0.261 e. The van der Waals surface area contributed by atoms with E-state index in [-0.39, 0.29) is 0 Å². The van der Waals surface area contributed by atoms with Crippen LogP contribution in [0.25, 0.3) is 0 Å². The molecule has 2 rings (SSSR count). The van der Waals surface area contributed by atoms with Crippen LogP contribution in [0.5, 0.6) is 0 Å². The Morgan fingerprint density at radius 2 is 2.42 bits per heavy atom. The summed E-state index contributed by atoms with van der Waals surface area (Å²) >= 11 is 0. The maximum Gasteiger partial charge on any atom is 0.0465 e. The topological polar surface area (TPSA) is 12.9 Å². The summed E-state index contributed by atoms with van der Waals surface area (Å²) in [4.78, 5) is 4.24. The molecule has 0 radical (unpaired) electrons. The van der Waals surface area contributed by atoms with E-state index in [1.165, 1.54) is 0 Å². The van der Waals surface area contributed by atoms with Gasteiger partial charge in [-0.15, -0.1) is 0 Å². The Balaban J connectivity index is 2.43. The highest BCUT2D eigenvalue weighted by atomic mass is 14.7. The number of pyridine rings is 1. The van der Waals surface area contributed by atoms with Gasteiger partial charge in [-0.1, -0.05) is 13.3 Å². The van der Waals surface area contributed by atoms with Crippen molar-refractivity contribution in [2.45, 2.75) is 38.5 Å². The van der Waals surface area contributed by atoms with Gasteiger partial charge >= 0.3 is 0 Å². The SMILES string of the molecule is [2H]C([2H])([2H])C1(c2cc(C)ccn2)CCC1. The highest BCUT2D eigenvalue weighted by molar-refractivity contribution is 5.23. The van der Waals surface area contributed by atoms with Gasteiger partial charge in [0.25, 0.3) is 0 Å². The van der Waals surface area contributed by atoms with E-state index in [4.69, 9.17) is 4.11 Å². The predicted molar refractivity (Wildman–Crippen MR) is 50.2 cm³/mol. The van der Waals surface area contributed by atoms with Crippen molar-refractivity contribution in [1.82, 2.24) is 4.98 Å². The molecule has 0 saturated heterocycles. The van der Waals surface area contributed by atoms with Crippen LogP contribution in [-0.2, 0) is 5.41 Å². The number of nitrogens with zero attached hydrogens (tertiary/aromatic N) is 1. The lowest BCUT2D eigenvalue weighted by Crippen LogP contribution is -2.31. The van der Waals surface area contributed by atoms with Gasteiger partial charge < -0.3 is 0 Å². The molecular formula is C11H15N. The fraction of sp³-hybridized carbons (Fsp3) is 0.545. The van der Waals surface area contributed by atoms with Crippen LogP contribution in [-0.4, -0.2) is 4.98 Å². The van der Waals surface area contributed by atoms with Crippen LogP contribution < -0.4 is 0 Å². The maximum atomic E-state index is 7.64. The van der Waals surface area contributed by atoms with Gasteiger partial charge in [0, 0.05) is 21.4 Å². The lowest BCUT2D eigenvalue weighted by atomic mass is 9.68. The van der Waals surface area contributed by atoms with Crippen molar-refractivity contribution in [2.24, 2.45) is 0 Å².